The minimum Gasteiger partial charge on any atom is -0.454 e. The maximum Gasteiger partial charge on any atom is 0.338 e. The van der Waals surface area contributed by atoms with Gasteiger partial charge in [0.15, 0.2) is 0 Å². The molecule has 4 rings (SSSR count). The Balaban J connectivity index is 1.50. The van der Waals surface area contributed by atoms with Crippen molar-refractivity contribution in [3.8, 4) is 0 Å². The van der Waals surface area contributed by atoms with Gasteiger partial charge in [-0.25, -0.2) is 4.79 Å². The quantitative estimate of drug-likeness (QED) is 0.372. The van der Waals surface area contributed by atoms with Gasteiger partial charge in [-0.3, -0.25) is 10.1 Å². The Hall–Kier alpha value is -2.69. The first-order valence-electron chi connectivity index (χ1n) is 7.64. The zero-order chi connectivity index (χ0) is 16.0. The van der Waals surface area contributed by atoms with Crippen molar-refractivity contribution in [3.63, 3.8) is 0 Å². The highest BCUT2D eigenvalue weighted by Crippen LogP contribution is 2.47. The average molecular weight is 309 g/mol. The predicted octanol–water partition coefficient (Wildman–Crippen LogP) is 3.29. The Morgan fingerprint density at radius 1 is 0.957 bits per heavy atom. The molecule has 1 aromatic carbocycles. The van der Waals surface area contributed by atoms with E-state index in [1.807, 2.05) is 6.08 Å². The molecule has 0 radical (unpaired) electrons. The lowest BCUT2D eigenvalue weighted by Gasteiger charge is -2.33. The third-order valence-electron chi connectivity index (χ3n) is 4.90. The molecule has 23 heavy (non-hydrogen) atoms. The summed E-state index contributed by atoms with van der Waals surface area (Å²) in [6.45, 7) is 0. The number of nitrogens with zero attached hydrogens (tertiary/aromatic N) is 1. The highest BCUT2D eigenvalue weighted by molar-refractivity contribution is 5.89. The molecule has 0 unspecified atom stereocenters. The van der Waals surface area contributed by atoms with E-state index in [4.69, 9.17) is 4.74 Å². The summed E-state index contributed by atoms with van der Waals surface area (Å²) in [4.78, 5) is 22.5. The van der Waals surface area contributed by atoms with Crippen LogP contribution in [0.15, 0.2) is 60.7 Å². The molecule has 0 saturated carbocycles. The van der Waals surface area contributed by atoms with Gasteiger partial charge < -0.3 is 4.74 Å². The van der Waals surface area contributed by atoms with Crippen LogP contribution in [0.5, 0.6) is 0 Å². The van der Waals surface area contributed by atoms with E-state index in [1.54, 1.807) is 0 Å². The Morgan fingerprint density at radius 3 is 2.22 bits per heavy atom. The second-order valence-electron chi connectivity index (χ2n) is 6.14. The highest BCUT2D eigenvalue weighted by atomic mass is 16.6. The number of non-ortho nitro benzene ring substituents is 1. The number of hydrogen-bond acceptors (Lipinski definition) is 4. The molecule has 116 valence electrons. The van der Waals surface area contributed by atoms with Gasteiger partial charge in [-0.2, -0.15) is 0 Å². The lowest BCUT2D eigenvalue weighted by atomic mass is 9.76. The number of carbonyl (C=O) groups excluding carboxylic acids is 1. The first-order chi connectivity index (χ1) is 11.1. The van der Waals surface area contributed by atoms with Crippen LogP contribution in [0.25, 0.3) is 0 Å². The first kappa shape index (κ1) is 13.9. The number of hydrogen-bond donors (Lipinski definition) is 0. The van der Waals surface area contributed by atoms with Crippen molar-refractivity contribution in [1.29, 1.82) is 0 Å². The Morgan fingerprint density at radius 2 is 1.57 bits per heavy atom. The van der Waals surface area contributed by atoms with Crippen LogP contribution in [0, 0.1) is 33.8 Å². The minimum atomic E-state index is -0.490. The van der Waals surface area contributed by atoms with Gasteiger partial charge >= 0.3 is 5.97 Å². The standard InChI is InChI=1S/C18H15NO4/c20-18(13-3-7-14(8-4-13)19(21)22)23-16-10-6-12-2-1-11-5-9-15(16)17(11)12/h1-12,15-17H/t11-,12-,15+,16+,17-/m0/s1. The van der Waals surface area contributed by atoms with Crippen LogP contribution < -0.4 is 0 Å². The van der Waals surface area contributed by atoms with Crippen molar-refractivity contribution in [2.24, 2.45) is 23.7 Å². The second kappa shape index (κ2) is 5.19. The molecule has 5 nitrogen and oxygen atoms in total. The summed E-state index contributed by atoms with van der Waals surface area (Å²) in [6.07, 6.45) is 12.6. The summed E-state index contributed by atoms with van der Waals surface area (Å²) in [7, 11) is 0. The molecule has 0 aliphatic heterocycles. The Bertz CT molecular complexity index is 747. The lowest BCUT2D eigenvalue weighted by Crippen LogP contribution is -2.34. The zero-order valence-corrected chi connectivity index (χ0v) is 12.2. The highest BCUT2D eigenvalue weighted by Gasteiger charge is 2.44. The maximum atomic E-state index is 12.3. The smallest absolute Gasteiger partial charge is 0.338 e. The third kappa shape index (κ3) is 2.29. The molecule has 5 heteroatoms. The third-order valence-corrected chi connectivity index (χ3v) is 4.90. The van der Waals surface area contributed by atoms with Crippen molar-refractivity contribution in [1.82, 2.24) is 0 Å². The lowest BCUT2D eigenvalue weighted by molar-refractivity contribution is -0.384. The number of esters is 1. The van der Waals surface area contributed by atoms with Crippen LogP contribution in [0.3, 0.4) is 0 Å². The van der Waals surface area contributed by atoms with Gasteiger partial charge in [0.05, 0.1) is 10.5 Å². The molecule has 0 amide bonds. The van der Waals surface area contributed by atoms with E-state index in [0.717, 1.165) is 0 Å². The zero-order valence-electron chi connectivity index (χ0n) is 12.2. The van der Waals surface area contributed by atoms with Gasteiger partial charge in [-0.1, -0.05) is 30.4 Å². The molecule has 0 spiro atoms. The Kier molecular flexibility index (Phi) is 3.15. The van der Waals surface area contributed by atoms with E-state index in [0.29, 0.717) is 23.3 Å². The number of ether oxygens (including phenoxy) is 1. The molecule has 0 fully saturated rings. The summed E-state index contributed by atoms with van der Waals surface area (Å²) < 4.78 is 5.64. The monoisotopic (exact) mass is 309 g/mol. The molecule has 0 saturated heterocycles. The molecule has 0 aromatic heterocycles. The van der Waals surface area contributed by atoms with Crippen molar-refractivity contribution < 1.29 is 14.5 Å². The summed E-state index contributed by atoms with van der Waals surface area (Å²) in [5.74, 6) is 1.07. The average Bonchev–Trinajstić information content (AvgIpc) is 3.16. The number of nitro benzene ring substituents is 1. The van der Waals surface area contributed by atoms with E-state index in [9.17, 15) is 14.9 Å². The van der Waals surface area contributed by atoms with Crippen LogP contribution in [0.2, 0.25) is 0 Å². The normalized spacial score (nSPS) is 32.8. The van der Waals surface area contributed by atoms with Gasteiger partial charge in [0, 0.05) is 18.1 Å². The van der Waals surface area contributed by atoms with Crippen molar-refractivity contribution >= 4 is 11.7 Å². The van der Waals surface area contributed by atoms with Gasteiger partial charge in [0.1, 0.15) is 6.10 Å². The van der Waals surface area contributed by atoms with Gasteiger partial charge in [0.25, 0.3) is 5.69 Å². The molecular weight excluding hydrogens is 294 g/mol. The topological polar surface area (TPSA) is 69.4 Å². The van der Waals surface area contributed by atoms with Crippen molar-refractivity contribution in [2.75, 3.05) is 0 Å². The van der Waals surface area contributed by atoms with Crippen LogP contribution in [-0.4, -0.2) is 17.0 Å². The number of allylic oxidation sites excluding steroid dienone is 4. The van der Waals surface area contributed by atoms with Gasteiger partial charge in [-0.05, 0) is 36.0 Å². The van der Waals surface area contributed by atoms with Crippen molar-refractivity contribution in [2.45, 2.75) is 6.10 Å². The number of rotatable bonds is 3. The van der Waals surface area contributed by atoms with E-state index in [-0.39, 0.29) is 17.7 Å². The summed E-state index contributed by atoms with van der Waals surface area (Å²) in [6, 6.07) is 5.49. The molecule has 0 N–H and O–H groups in total. The van der Waals surface area contributed by atoms with Gasteiger partial charge in [0.2, 0.25) is 0 Å². The molecular formula is C18H15NO4. The van der Waals surface area contributed by atoms with E-state index >= 15 is 0 Å². The largest absolute Gasteiger partial charge is 0.454 e. The fourth-order valence-corrected chi connectivity index (χ4v) is 3.78. The molecule has 5 atom stereocenters. The first-order valence-corrected chi connectivity index (χ1v) is 7.64. The second-order valence-corrected chi connectivity index (χ2v) is 6.14. The number of benzene rings is 1. The summed E-state index contributed by atoms with van der Waals surface area (Å²) in [5, 5.41) is 10.7. The minimum absolute atomic E-state index is 0.0412. The molecule has 0 bridgehead atoms. The molecule has 3 aliphatic carbocycles. The van der Waals surface area contributed by atoms with Gasteiger partial charge in [-0.15, -0.1) is 0 Å². The van der Waals surface area contributed by atoms with E-state index in [2.05, 4.69) is 30.4 Å². The summed E-state index contributed by atoms with van der Waals surface area (Å²) >= 11 is 0. The maximum absolute atomic E-state index is 12.3. The van der Waals surface area contributed by atoms with E-state index in [1.165, 1.54) is 24.3 Å². The van der Waals surface area contributed by atoms with Crippen molar-refractivity contribution in [3.05, 3.63) is 76.4 Å². The fourth-order valence-electron chi connectivity index (χ4n) is 3.78. The van der Waals surface area contributed by atoms with Crippen LogP contribution >= 0.6 is 0 Å². The number of nitro groups is 1. The van der Waals surface area contributed by atoms with Crippen LogP contribution in [0.1, 0.15) is 10.4 Å². The SMILES string of the molecule is O=C(O[C@@H]1C=C[C@@H]2C=C[C@H]3C=C[C@H]1[C@@H]32)c1ccc([N+](=O)[O-])cc1. The predicted molar refractivity (Wildman–Crippen MR) is 83.7 cm³/mol. The summed E-state index contributed by atoms with van der Waals surface area (Å²) in [5.41, 5.74) is 0.287. The van der Waals surface area contributed by atoms with Crippen LogP contribution in [0.4, 0.5) is 5.69 Å². The number of carbonyl (C=O) groups is 1. The molecule has 3 aliphatic rings. The molecule has 1 aromatic rings. The Labute approximate surface area is 133 Å². The van der Waals surface area contributed by atoms with Crippen LogP contribution in [-0.2, 0) is 4.74 Å². The molecule has 0 heterocycles. The fraction of sp³-hybridized carbons (Fsp3) is 0.278. The van der Waals surface area contributed by atoms with E-state index < -0.39 is 10.9 Å².